The summed E-state index contributed by atoms with van der Waals surface area (Å²) in [5.74, 6) is 0.812. The Balaban J connectivity index is 1.90. The largest absolute Gasteiger partial charge is 0.310 e. The second kappa shape index (κ2) is 5.51. The van der Waals surface area contributed by atoms with Crippen molar-refractivity contribution in [3.05, 3.63) is 62.9 Å². The monoisotopic (exact) mass is 343 g/mol. The summed E-state index contributed by atoms with van der Waals surface area (Å²) in [5.41, 5.74) is 4.02. The number of nitrogens with one attached hydrogen (secondary N) is 1. The van der Waals surface area contributed by atoms with Gasteiger partial charge in [0.05, 0.1) is 11.4 Å². The summed E-state index contributed by atoms with van der Waals surface area (Å²) in [6.45, 7) is 1.98. The third-order valence-corrected chi connectivity index (χ3v) is 5.04. The van der Waals surface area contributed by atoms with Crippen molar-refractivity contribution in [1.29, 1.82) is 0 Å². The van der Waals surface area contributed by atoms with Crippen molar-refractivity contribution >= 4 is 34.7 Å². The van der Waals surface area contributed by atoms with Crippen LogP contribution in [0.25, 0.3) is 5.69 Å². The van der Waals surface area contributed by atoms with Gasteiger partial charge in [0.25, 0.3) is 0 Å². The standard InChI is InChI=1S/C17H14ClN3OS/c1-10-16-14(11-5-6-23-9-11)8-15(22)19-17(16)21(20-10)13-4-2-3-12(18)7-13/h2-7,9,14H,8H2,1H3,(H,19,22)/t14-/m0/s1. The number of anilines is 1. The van der Waals surface area contributed by atoms with Crippen molar-refractivity contribution in [2.45, 2.75) is 19.3 Å². The van der Waals surface area contributed by atoms with Gasteiger partial charge in [-0.15, -0.1) is 0 Å². The van der Waals surface area contributed by atoms with E-state index in [-0.39, 0.29) is 11.8 Å². The van der Waals surface area contributed by atoms with Gasteiger partial charge in [-0.3, -0.25) is 4.79 Å². The predicted octanol–water partition coefficient (Wildman–Crippen LogP) is 4.37. The smallest absolute Gasteiger partial charge is 0.226 e. The Morgan fingerprint density at radius 2 is 2.26 bits per heavy atom. The summed E-state index contributed by atoms with van der Waals surface area (Å²) >= 11 is 7.74. The summed E-state index contributed by atoms with van der Waals surface area (Å²) < 4.78 is 1.77. The zero-order chi connectivity index (χ0) is 16.0. The number of aromatic nitrogens is 2. The maximum atomic E-state index is 12.2. The van der Waals surface area contributed by atoms with Crippen LogP contribution < -0.4 is 5.32 Å². The quantitative estimate of drug-likeness (QED) is 0.751. The van der Waals surface area contributed by atoms with E-state index in [1.54, 1.807) is 16.0 Å². The third-order valence-electron chi connectivity index (χ3n) is 4.10. The van der Waals surface area contributed by atoms with Crippen LogP contribution in [-0.2, 0) is 4.79 Å². The zero-order valence-electron chi connectivity index (χ0n) is 12.4. The van der Waals surface area contributed by atoms with Gasteiger partial charge >= 0.3 is 0 Å². The number of hydrogen-bond donors (Lipinski definition) is 1. The summed E-state index contributed by atoms with van der Waals surface area (Å²) in [7, 11) is 0. The van der Waals surface area contributed by atoms with Crippen LogP contribution in [0, 0.1) is 6.92 Å². The second-order valence-electron chi connectivity index (χ2n) is 5.60. The van der Waals surface area contributed by atoms with Crippen LogP contribution in [0.2, 0.25) is 5.02 Å². The molecule has 1 aliphatic heterocycles. The van der Waals surface area contributed by atoms with Gasteiger partial charge in [-0.2, -0.15) is 16.4 Å². The molecule has 0 spiro atoms. The van der Waals surface area contributed by atoms with E-state index < -0.39 is 0 Å². The van der Waals surface area contributed by atoms with E-state index in [1.165, 1.54) is 5.56 Å². The molecule has 0 aliphatic carbocycles. The number of carbonyl (C=O) groups is 1. The number of aryl methyl sites for hydroxylation is 1. The molecule has 0 unspecified atom stereocenters. The SMILES string of the molecule is Cc1nn(-c2cccc(Cl)c2)c2c1[C@H](c1ccsc1)CC(=O)N2. The number of amides is 1. The fourth-order valence-corrected chi connectivity index (χ4v) is 4.00. The first-order chi connectivity index (χ1) is 11.1. The molecule has 1 aliphatic rings. The first-order valence-electron chi connectivity index (χ1n) is 7.31. The lowest BCUT2D eigenvalue weighted by Gasteiger charge is -2.23. The average Bonchev–Trinajstić information content (AvgIpc) is 3.15. The lowest BCUT2D eigenvalue weighted by atomic mass is 9.87. The summed E-state index contributed by atoms with van der Waals surface area (Å²) in [6.07, 6.45) is 0.450. The molecule has 0 bridgehead atoms. The van der Waals surface area contributed by atoms with Gasteiger partial charge in [0.2, 0.25) is 5.91 Å². The van der Waals surface area contributed by atoms with Crippen LogP contribution in [0.4, 0.5) is 5.82 Å². The summed E-state index contributed by atoms with van der Waals surface area (Å²) in [5, 5.41) is 12.4. The number of hydrogen-bond acceptors (Lipinski definition) is 3. The Kier molecular flexibility index (Phi) is 3.47. The van der Waals surface area contributed by atoms with E-state index in [0.717, 1.165) is 22.8 Å². The van der Waals surface area contributed by atoms with Crippen molar-refractivity contribution in [3.8, 4) is 5.69 Å². The minimum atomic E-state index is 0.0110. The first kappa shape index (κ1) is 14.5. The molecule has 1 amide bonds. The molecular formula is C17H14ClN3OS. The maximum absolute atomic E-state index is 12.2. The highest BCUT2D eigenvalue weighted by Crippen LogP contribution is 2.40. The molecule has 0 saturated carbocycles. The van der Waals surface area contributed by atoms with Gasteiger partial charge in [-0.25, -0.2) is 4.68 Å². The third kappa shape index (κ3) is 2.46. The van der Waals surface area contributed by atoms with Crippen molar-refractivity contribution < 1.29 is 4.79 Å². The number of nitrogens with zero attached hydrogens (tertiary/aromatic N) is 2. The normalized spacial score (nSPS) is 17.0. The highest BCUT2D eigenvalue weighted by Gasteiger charge is 2.32. The van der Waals surface area contributed by atoms with E-state index in [4.69, 9.17) is 11.6 Å². The minimum absolute atomic E-state index is 0.0110. The van der Waals surface area contributed by atoms with Crippen LogP contribution in [0.1, 0.15) is 29.2 Å². The van der Waals surface area contributed by atoms with Gasteiger partial charge in [-0.1, -0.05) is 17.7 Å². The Labute approximate surface area is 142 Å². The molecule has 1 N–H and O–H groups in total. The fourth-order valence-electron chi connectivity index (χ4n) is 3.10. The maximum Gasteiger partial charge on any atom is 0.226 e. The Morgan fingerprint density at radius 3 is 3.00 bits per heavy atom. The second-order valence-corrected chi connectivity index (χ2v) is 6.82. The molecule has 6 heteroatoms. The molecule has 0 saturated heterocycles. The molecular weight excluding hydrogens is 330 g/mol. The number of thiophene rings is 1. The van der Waals surface area contributed by atoms with Crippen LogP contribution in [0.15, 0.2) is 41.1 Å². The molecule has 3 aromatic rings. The molecule has 2 aromatic heterocycles. The zero-order valence-corrected chi connectivity index (χ0v) is 14.0. The van der Waals surface area contributed by atoms with E-state index in [1.807, 2.05) is 36.6 Å². The van der Waals surface area contributed by atoms with Crippen molar-refractivity contribution in [1.82, 2.24) is 9.78 Å². The number of carbonyl (C=O) groups excluding carboxylic acids is 1. The first-order valence-corrected chi connectivity index (χ1v) is 8.63. The molecule has 23 heavy (non-hydrogen) atoms. The van der Waals surface area contributed by atoms with Crippen molar-refractivity contribution in [2.24, 2.45) is 0 Å². The molecule has 0 radical (unpaired) electrons. The van der Waals surface area contributed by atoms with Crippen molar-refractivity contribution in [2.75, 3.05) is 5.32 Å². The lowest BCUT2D eigenvalue weighted by molar-refractivity contribution is -0.116. The highest BCUT2D eigenvalue weighted by atomic mass is 35.5. The van der Waals surface area contributed by atoms with Crippen LogP contribution in [0.3, 0.4) is 0 Å². The van der Waals surface area contributed by atoms with Crippen LogP contribution in [-0.4, -0.2) is 15.7 Å². The average molecular weight is 344 g/mol. The van der Waals surface area contributed by atoms with Crippen LogP contribution >= 0.6 is 22.9 Å². The number of halogens is 1. The van der Waals surface area contributed by atoms with Gasteiger partial charge < -0.3 is 5.32 Å². The minimum Gasteiger partial charge on any atom is -0.310 e. The molecule has 4 rings (SSSR count). The van der Waals surface area contributed by atoms with Crippen LogP contribution in [0.5, 0.6) is 0 Å². The molecule has 4 nitrogen and oxygen atoms in total. The number of fused-ring (bicyclic) bond motifs is 1. The number of rotatable bonds is 2. The van der Waals surface area contributed by atoms with Gasteiger partial charge in [0.1, 0.15) is 5.82 Å². The van der Waals surface area contributed by atoms with Gasteiger partial charge in [-0.05, 0) is 47.5 Å². The molecule has 116 valence electrons. The number of benzene rings is 1. The van der Waals surface area contributed by atoms with Crippen molar-refractivity contribution in [3.63, 3.8) is 0 Å². The summed E-state index contributed by atoms with van der Waals surface area (Å²) in [6, 6.07) is 9.55. The lowest BCUT2D eigenvalue weighted by Crippen LogP contribution is -2.24. The molecule has 3 heterocycles. The molecule has 1 atom stereocenters. The topological polar surface area (TPSA) is 46.9 Å². The Morgan fingerprint density at radius 1 is 1.39 bits per heavy atom. The van der Waals surface area contributed by atoms with E-state index >= 15 is 0 Å². The predicted molar refractivity (Wildman–Crippen MR) is 92.7 cm³/mol. The van der Waals surface area contributed by atoms with E-state index in [2.05, 4.69) is 21.9 Å². The Bertz CT molecular complexity index is 885. The fraction of sp³-hybridized carbons (Fsp3) is 0.176. The van der Waals surface area contributed by atoms with Gasteiger partial charge in [0.15, 0.2) is 0 Å². The summed E-state index contributed by atoms with van der Waals surface area (Å²) in [4.78, 5) is 12.2. The van der Waals surface area contributed by atoms with E-state index in [0.29, 0.717) is 11.4 Å². The van der Waals surface area contributed by atoms with E-state index in [9.17, 15) is 4.79 Å². The Hall–Kier alpha value is -2.11. The molecule has 1 aromatic carbocycles. The highest BCUT2D eigenvalue weighted by molar-refractivity contribution is 7.08. The van der Waals surface area contributed by atoms with Gasteiger partial charge in [0, 0.05) is 22.9 Å². The molecule has 0 fully saturated rings.